The Balaban J connectivity index is 1.64. The third-order valence-corrected chi connectivity index (χ3v) is 8.28. The van der Waals surface area contributed by atoms with Crippen LogP contribution in [-0.2, 0) is 26.3 Å². The molecule has 2 N–H and O–H groups in total. The third-order valence-electron chi connectivity index (χ3n) is 4.64. The Hall–Kier alpha value is -0.960. The van der Waals surface area contributed by atoms with Gasteiger partial charge in [0.05, 0.1) is 16.8 Å². The molecule has 1 atom stereocenters. The van der Waals surface area contributed by atoms with Crippen molar-refractivity contribution in [2.75, 3.05) is 24.6 Å². The number of nitrogens with one attached hydrogen (secondary N) is 2. The first-order valence-electron chi connectivity index (χ1n) is 7.87. The van der Waals surface area contributed by atoms with Gasteiger partial charge in [0.1, 0.15) is 9.84 Å². The van der Waals surface area contributed by atoms with Gasteiger partial charge in [0, 0.05) is 12.6 Å². The van der Waals surface area contributed by atoms with E-state index in [9.17, 15) is 16.8 Å². The summed E-state index contributed by atoms with van der Waals surface area (Å²) in [5, 5.41) is 2.73. The van der Waals surface area contributed by atoms with Crippen LogP contribution in [0.5, 0.6) is 0 Å². The Bertz CT molecular complexity index is 760. The van der Waals surface area contributed by atoms with E-state index in [4.69, 9.17) is 0 Å². The summed E-state index contributed by atoms with van der Waals surface area (Å²) in [6.07, 6.45) is 1.32. The summed E-state index contributed by atoms with van der Waals surface area (Å²) in [6, 6.07) is 8.01. The van der Waals surface area contributed by atoms with Crippen molar-refractivity contribution in [2.24, 2.45) is 0 Å². The molecule has 0 aromatic heterocycles. The Labute approximate surface area is 137 Å². The molecule has 0 saturated carbocycles. The molecule has 0 spiro atoms. The van der Waals surface area contributed by atoms with Crippen LogP contribution in [0.3, 0.4) is 0 Å². The number of rotatable bonds is 4. The third kappa shape index (κ3) is 3.93. The molecule has 1 saturated heterocycles. The number of benzene rings is 1. The lowest BCUT2D eigenvalue weighted by Crippen LogP contribution is -2.44. The van der Waals surface area contributed by atoms with E-state index in [0.29, 0.717) is 6.54 Å². The zero-order valence-corrected chi connectivity index (χ0v) is 14.5. The Morgan fingerprint density at radius 3 is 2.61 bits per heavy atom. The molecule has 3 rings (SSSR count). The van der Waals surface area contributed by atoms with Crippen molar-refractivity contribution in [3.8, 4) is 0 Å². The average molecular weight is 358 g/mol. The van der Waals surface area contributed by atoms with Gasteiger partial charge in [-0.05, 0) is 36.9 Å². The quantitative estimate of drug-likeness (QED) is 0.811. The minimum absolute atomic E-state index is 0.0386. The molecule has 8 heteroatoms. The van der Waals surface area contributed by atoms with Gasteiger partial charge in [-0.25, -0.2) is 21.6 Å². The maximum Gasteiger partial charge on any atom is 0.214 e. The molecule has 2 heterocycles. The van der Waals surface area contributed by atoms with Crippen LogP contribution in [0.2, 0.25) is 0 Å². The highest BCUT2D eigenvalue weighted by Crippen LogP contribution is 2.23. The molecule has 0 bridgehead atoms. The summed E-state index contributed by atoms with van der Waals surface area (Å²) in [6.45, 7) is 1.12. The number of hydrogen-bond donors (Lipinski definition) is 2. The van der Waals surface area contributed by atoms with Gasteiger partial charge in [-0.3, -0.25) is 0 Å². The maximum absolute atomic E-state index is 12.4. The fourth-order valence-electron chi connectivity index (χ4n) is 3.27. The van der Waals surface area contributed by atoms with E-state index in [1.165, 1.54) is 5.56 Å². The van der Waals surface area contributed by atoms with Crippen molar-refractivity contribution >= 4 is 19.9 Å². The zero-order chi connectivity index (χ0) is 16.5. The van der Waals surface area contributed by atoms with Gasteiger partial charge in [-0.1, -0.05) is 24.3 Å². The van der Waals surface area contributed by atoms with Gasteiger partial charge in [-0.15, -0.1) is 0 Å². The second-order valence-corrected chi connectivity index (χ2v) is 10.5. The minimum Gasteiger partial charge on any atom is -0.308 e. The van der Waals surface area contributed by atoms with Gasteiger partial charge in [0.25, 0.3) is 0 Å². The average Bonchev–Trinajstić information content (AvgIpc) is 2.52. The van der Waals surface area contributed by atoms with Crippen LogP contribution in [0.25, 0.3) is 0 Å². The lowest BCUT2D eigenvalue weighted by Gasteiger charge is -2.28. The van der Waals surface area contributed by atoms with Crippen LogP contribution in [-0.4, -0.2) is 46.7 Å². The lowest BCUT2D eigenvalue weighted by atomic mass is 9.95. The Kier molecular flexibility index (Phi) is 4.78. The molecule has 128 valence electrons. The molecule has 1 unspecified atom stereocenters. The van der Waals surface area contributed by atoms with E-state index in [-0.39, 0.29) is 30.4 Å². The molecule has 6 nitrogen and oxygen atoms in total. The molecule has 2 aliphatic heterocycles. The fraction of sp³-hybridized carbons (Fsp3) is 0.600. The normalized spacial score (nSPS) is 25.0. The van der Waals surface area contributed by atoms with E-state index in [1.807, 2.05) is 18.2 Å². The van der Waals surface area contributed by atoms with Gasteiger partial charge < -0.3 is 5.32 Å². The number of sulfonamides is 1. The van der Waals surface area contributed by atoms with Crippen LogP contribution >= 0.6 is 0 Å². The Morgan fingerprint density at radius 1 is 1.17 bits per heavy atom. The van der Waals surface area contributed by atoms with Crippen molar-refractivity contribution < 1.29 is 16.8 Å². The molecule has 1 aromatic carbocycles. The van der Waals surface area contributed by atoms with Crippen molar-refractivity contribution in [1.82, 2.24) is 10.0 Å². The molecule has 23 heavy (non-hydrogen) atoms. The van der Waals surface area contributed by atoms with Gasteiger partial charge in [0.15, 0.2) is 0 Å². The molecular weight excluding hydrogens is 336 g/mol. The largest absolute Gasteiger partial charge is 0.308 e. The SMILES string of the molecule is O=S1(=O)CCC(S(=O)(=O)NCC2NCCc3ccccc32)CC1. The number of sulfone groups is 1. The van der Waals surface area contributed by atoms with E-state index < -0.39 is 25.1 Å². The first-order chi connectivity index (χ1) is 10.9. The van der Waals surface area contributed by atoms with Crippen LogP contribution in [0.4, 0.5) is 0 Å². The van der Waals surface area contributed by atoms with Crippen LogP contribution < -0.4 is 10.0 Å². The zero-order valence-electron chi connectivity index (χ0n) is 12.9. The van der Waals surface area contributed by atoms with Crippen LogP contribution in [0, 0.1) is 0 Å². The summed E-state index contributed by atoms with van der Waals surface area (Å²) >= 11 is 0. The first kappa shape index (κ1) is 16.9. The molecule has 2 aliphatic rings. The molecule has 0 radical (unpaired) electrons. The highest BCUT2D eigenvalue weighted by molar-refractivity contribution is 7.92. The van der Waals surface area contributed by atoms with E-state index >= 15 is 0 Å². The summed E-state index contributed by atoms with van der Waals surface area (Å²) in [4.78, 5) is 0. The first-order valence-corrected chi connectivity index (χ1v) is 11.2. The van der Waals surface area contributed by atoms with Crippen molar-refractivity contribution in [3.05, 3.63) is 35.4 Å². The van der Waals surface area contributed by atoms with Crippen LogP contribution in [0.1, 0.15) is 30.0 Å². The van der Waals surface area contributed by atoms with Gasteiger partial charge in [0.2, 0.25) is 10.0 Å². The smallest absolute Gasteiger partial charge is 0.214 e. The minimum atomic E-state index is -3.49. The summed E-state index contributed by atoms with van der Waals surface area (Å²) in [5.74, 6) is -0.0772. The van der Waals surface area contributed by atoms with Crippen molar-refractivity contribution in [1.29, 1.82) is 0 Å². The van der Waals surface area contributed by atoms with E-state index in [1.54, 1.807) is 0 Å². The van der Waals surface area contributed by atoms with Crippen molar-refractivity contribution in [2.45, 2.75) is 30.6 Å². The maximum atomic E-state index is 12.4. The highest BCUT2D eigenvalue weighted by atomic mass is 32.2. The predicted octanol–water partition coefficient (Wildman–Crippen LogP) is 0.370. The molecule has 1 fully saturated rings. The molecule has 0 aliphatic carbocycles. The number of fused-ring (bicyclic) bond motifs is 1. The summed E-state index contributed by atoms with van der Waals surface area (Å²) in [7, 11) is -6.55. The standard InChI is InChI=1S/C15H22N2O4S2/c18-22(19)9-6-13(7-10-22)23(20,21)17-11-15-14-4-2-1-3-12(14)5-8-16-15/h1-4,13,15-17H,5-11H2. The van der Waals surface area contributed by atoms with Gasteiger partial charge in [-0.2, -0.15) is 0 Å². The van der Waals surface area contributed by atoms with E-state index in [2.05, 4.69) is 16.1 Å². The molecule has 1 aromatic rings. The fourth-order valence-corrected chi connectivity index (χ4v) is 6.55. The van der Waals surface area contributed by atoms with Crippen LogP contribution in [0.15, 0.2) is 24.3 Å². The molecule has 0 amide bonds. The van der Waals surface area contributed by atoms with E-state index in [0.717, 1.165) is 18.5 Å². The highest BCUT2D eigenvalue weighted by Gasteiger charge is 2.33. The Morgan fingerprint density at radius 2 is 1.87 bits per heavy atom. The second-order valence-electron chi connectivity index (χ2n) is 6.20. The van der Waals surface area contributed by atoms with Crippen molar-refractivity contribution in [3.63, 3.8) is 0 Å². The topological polar surface area (TPSA) is 92.3 Å². The monoisotopic (exact) mass is 358 g/mol. The number of hydrogen-bond acceptors (Lipinski definition) is 5. The second kappa shape index (κ2) is 6.51. The van der Waals surface area contributed by atoms with Gasteiger partial charge >= 0.3 is 0 Å². The summed E-state index contributed by atoms with van der Waals surface area (Å²) in [5.41, 5.74) is 2.38. The molecular formula is C15H22N2O4S2. The summed E-state index contributed by atoms with van der Waals surface area (Å²) < 4.78 is 50.4. The predicted molar refractivity (Wildman–Crippen MR) is 89.5 cm³/mol. The lowest BCUT2D eigenvalue weighted by molar-refractivity contribution is 0.486.